The molecule has 0 aromatic heterocycles. The second-order valence-electron chi connectivity index (χ2n) is 9.72. The van der Waals surface area contributed by atoms with E-state index < -0.39 is 11.3 Å². The van der Waals surface area contributed by atoms with Crippen LogP contribution in [0, 0.1) is 11.8 Å². The first-order valence-electron chi connectivity index (χ1n) is 11.4. The largest absolute Gasteiger partial charge is 0.389 e. The Balaban J connectivity index is 1.23. The van der Waals surface area contributed by atoms with Gasteiger partial charge in [0, 0.05) is 44.1 Å². The molecule has 2 atom stereocenters. The Kier molecular flexibility index (Phi) is 5.37. The lowest BCUT2D eigenvalue weighted by Crippen LogP contribution is -2.65. The SMILES string of the molecule is COC1(NC(=O)c2ccccc2)C2CCC1CN(CC1(O)CC(c3ccccc3)C1)C2. The second-order valence-corrected chi connectivity index (χ2v) is 9.72. The molecule has 164 valence electrons. The van der Waals surface area contributed by atoms with E-state index in [1.807, 2.05) is 36.4 Å². The van der Waals surface area contributed by atoms with Crippen LogP contribution in [0.2, 0.25) is 0 Å². The number of aliphatic hydroxyl groups is 1. The van der Waals surface area contributed by atoms with Crippen molar-refractivity contribution >= 4 is 5.91 Å². The van der Waals surface area contributed by atoms with Gasteiger partial charge in [-0.25, -0.2) is 0 Å². The van der Waals surface area contributed by atoms with Gasteiger partial charge in [-0.2, -0.15) is 0 Å². The van der Waals surface area contributed by atoms with Crippen LogP contribution in [0.1, 0.15) is 47.5 Å². The quantitative estimate of drug-likeness (QED) is 0.703. The molecule has 1 heterocycles. The van der Waals surface area contributed by atoms with Crippen molar-refractivity contribution in [3.05, 3.63) is 71.8 Å². The number of β-amino-alcohol motifs (C(OH)–C–C–N with tert-alkyl or cyclic N) is 1. The van der Waals surface area contributed by atoms with Crippen molar-refractivity contribution < 1.29 is 14.6 Å². The zero-order valence-electron chi connectivity index (χ0n) is 18.2. The summed E-state index contributed by atoms with van der Waals surface area (Å²) in [7, 11) is 1.72. The maximum Gasteiger partial charge on any atom is 0.253 e. The van der Waals surface area contributed by atoms with Gasteiger partial charge >= 0.3 is 0 Å². The third-order valence-electron chi connectivity index (χ3n) is 7.76. The number of amides is 1. The van der Waals surface area contributed by atoms with Crippen LogP contribution < -0.4 is 5.32 Å². The van der Waals surface area contributed by atoms with E-state index in [0.717, 1.165) is 38.8 Å². The van der Waals surface area contributed by atoms with Gasteiger partial charge in [0.1, 0.15) is 5.72 Å². The van der Waals surface area contributed by atoms with E-state index in [4.69, 9.17) is 4.74 Å². The first-order valence-corrected chi connectivity index (χ1v) is 11.4. The van der Waals surface area contributed by atoms with Gasteiger partial charge in [-0.05, 0) is 49.3 Å². The molecule has 3 aliphatic rings. The van der Waals surface area contributed by atoms with Gasteiger partial charge in [0.2, 0.25) is 0 Å². The minimum atomic E-state index is -0.613. The summed E-state index contributed by atoms with van der Waals surface area (Å²) in [4.78, 5) is 15.3. The van der Waals surface area contributed by atoms with Gasteiger partial charge in [0.15, 0.2) is 0 Å². The van der Waals surface area contributed by atoms with Gasteiger partial charge in [-0.15, -0.1) is 0 Å². The molecule has 1 amide bonds. The molecule has 3 fully saturated rings. The van der Waals surface area contributed by atoms with Crippen LogP contribution in [0.3, 0.4) is 0 Å². The molecule has 0 spiro atoms. The number of carbonyl (C=O) groups is 1. The molecule has 0 radical (unpaired) electrons. The minimum absolute atomic E-state index is 0.0730. The Hall–Kier alpha value is -2.21. The summed E-state index contributed by atoms with van der Waals surface area (Å²) in [6.07, 6.45) is 3.72. The van der Waals surface area contributed by atoms with Crippen LogP contribution >= 0.6 is 0 Å². The summed E-state index contributed by atoms with van der Waals surface area (Å²) in [5.41, 5.74) is 0.767. The van der Waals surface area contributed by atoms with E-state index in [0.29, 0.717) is 18.0 Å². The van der Waals surface area contributed by atoms with Gasteiger partial charge < -0.3 is 15.2 Å². The third kappa shape index (κ3) is 3.79. The highest BCUT2D eigenvalue weighted by atomic mass is 16.5. The Morgan fingerprint density at radius 1 is 1.03 bits per heavy atom. The molecule has 1 saturated heterocycles. The summed E-state index contributed by atoms with van der Waals surface area (Å²) < 4.78 is 6.03. The van der Waals surface area contributed by atoms with Crippen LogP contribution in [-0.4, -0.2) is 54.0 Å². The molecule has 2 aromatic carbocycles. The van der Waals surface area contributed by atoms with Crippen molar-refractivity contribution in [3.63, 3.8) is 0 Å². The predicted octanol–water partition coefficient (Wildman–Crippen LogP) is 3.41. The van der Waals surface area contributed by atoms with Crippen LogP contribution in [0.4, 0.5) is 0 Å². The summed E-state index contributed by atoms with van der Waals surface area (Å²) in [5.74, 6) is 0.849. The number of nitrogens with one attached hydrogen (secondary N) is 1. The molecule has 31 heavy (non-hydrogen) atoms. The van der Waals surface area contributed by atoms with Crippen molar-refractivity contribution in [1.29, 1.82) is 0 Å². The average Bonchev–Trinajstić information content (AvgIpc) is 2.95. The summed E-state index contributed by atoms with van der Waals surface area (Å²) >= 11 is 0. The maximum absolute atomic E-state index is 12.9. The van der Waals surface area contributed by atoms with E-state index in [-0.39, 0.29) is 17.7 Å². The number of nitrogens with zero attached hydrogens (tertiary/aromatic N) is 1. The Labute approximate surface area is 184 Å². The van der Waals surface area contributed by atoms with Gasteiger partial charge in [-0.1, -0.05) is 48.5 Å². The molecule has 5 heteroatoms. The Morgan fingerprint density at radius 2 is 1.61 bits per heavy atom. The monoisotopic (exact) mass is 420 g/mol. The molecule has 5 rings (SSSR count). The molecule has 2 saturated carbocycles. The van der Waals surface area contributed by atoms with Crippen molar-refractivity contribution in [2.75, 3.05) is 26.7 Å². The van der Waals surface area contributed by atoms with Crippen LogP contribution in [0.15, 0.2) is 60.7 Å². The molecular weight excluding hydrogens is 388 g/mol. The molecule has 2 aromatic rings. The summed E-state index contributed by atoms with van der Waals surface area (Å²) in [6, 6.07) is 19.9. The average molecular weight is 421 g/mol. The fourth-order valence-corrected chi connectivity index (χ4v) is 6.24. The number of fused-ring (bicyclic) bond motifs is 2. The molecule has 5 nitrogen and oxygen atoms in total. The number of ether oxygens (including phenoxy) is 1. The molecule has 2 N–H and O–H groups in total. The first-order chi connectivity index (χ1) is 15.0. The van der Waals surface area contributed by atoms with E-state index in [1.54, 1.807) is 7.11 Å². The van der Waals surface area contributed by atoms with Crippen molar-refractivity contribution in [3.8, 4) is 0 Å². The lowest BCUT2D eigenvalue weighted by atomic mass is 9.67. The lowest BCUT2D eigenvalue weighted by molar-refractivity contribution is -0.144. The molecule has 2 aliphatic carbocycles. The second kappa shape index (κ2) is 8.05. The predicted molar refractivity (Wildman–Crippen MR) is 120 cm³/mol. The highest BCUT2D eigenvalue weighted by Crippen LogP contribution is 2.49. The van der Waals surface area contributed by atoms with Crippen molar-refractivity contribution in [2.24, 2.45) is 11.8 Å². The third-order valence-corrected chi connectivity index (χ3v) is 7.76. The highest BCUT2D eigenvalue weighted by molar-refractivity contribution is 5.94. The number of hydrogen-bond donors (Lipinski definition) is 2. The van der Waals surface area contributed by atoms with Gasteiger partial charge in [0.25, 0.3) is 5.91 Å². The number of likely N-dealkylation sites (tertiary alicyclic amines) is 1. The van der Waals surface area contributed by atoms with E-state index in [9.17, 15) is 9.90 Å². The minimum Gasteiger partial charge on any atom is -0.389 e. The summed E-state index contributed by atoms with van der Waals surface area (Å²) in [5, 5.41) is 14.4. The number of methoxy groups -OCH3 is 1. The fraction of sp³-hybridized carbons (Fsp3) is 0.500. The normalized spacial score (nSPS) is 34.8. The molecule has 2 bridgehead atoms. The smallest absolute Gasteiger partial charge is 0.253 e. The number of hydrogen-bond acceptors (Lipinski definition) is 4. The number of carbonyl (C=O) groups excluding carboxylic acids is 1. The van der Waals surface area contributed by atoms with Gasteiger partial charge in [-0.3, -0.25) is 9.69 Å². The number of rotatable bonds is 6. The summed E-state index contributed by atoms with van der Waals surface area (Å²) in [6.45, 7) is 2.39. The first kappa shape index (κ1) is 20.7. The van der Waals surface area contributed by atoms with Crippen LogP contribution in [-0.2, 0) is 4.74 Å². The standard InChI is InChI=1S/C26H32N2O3/c1-31-26(27-24(29)20-10-6-3-7-11-20)22-12-13-23(26)17-28(16-22)18-25(30)14-21(15-25)19-8-4-2-5-9-19/h2-11,21-23,30H,12-18H2,1H3,(H,27,29). The van der Waals surface area contributed by atoms with Crippen LogP contribution in [0.25, 0.3) is 0 Å². The number of benzene rings is 2. The fourth-order valence-electron chi connectivity index (χ4n) is 6.24. The van der Waals surface area contributed by atoms with Crippen molar-refractivity contribution in [1.82, 2.24) is 10.2 Å². The topological polar surface area (TPSA) is 61.8 Å². The van der Waals surface area contributed by atoms with E-state index >= 15 is 0 Å². The molecule has 1 aliphatic heterocycles. The van der Waals surface area contributed by atoms with E-state index in [2.05, 4.69) is 34.5 Å². The Bertz CT molecular complexity index is 897. The van der Waals surface area contributed by atoms with Crippen molar-refractivity contribution in [2.45, 2.75) is 42.9 Å². The zero-order valence-corrected chi connectivity index (χ0v) is 18.2. The maximum atomic E-state index is 12.9. The van der Waals surface area contributed by atoms with Crippen LogP contribution in [0.5, 0.6) is 0 Å². The van der Waals surface area contributed by atoms with Gasteiger partial charge in [0.05, 0.1) is 5.60 Å². The Morgan fingerprint density at radius 3 is 2.19 bits per heavy atom. The zero-order chi connectivity index (χ0) is 21.5. The highest BCUT2D eigenvalue weighted by Gasteiger charge is 2.56. The lowest BCUT2D eigenvalue weighted by Gasteiger charge is -2.51. The van der Waals surface area contributed by atoms with E-state index in [1.165, 1.54) is 5.56 Å². The molecule has 2 unspecified atom stereocenters. The number of piperidine rings is 1. The molecular formula is C26H32N2O3.